The number of para-hydroxylation sites is 2. The topological polar surface area (TPSA) is 44.3 Å². The Morgan fingerprint density at radius 1 is 0.543 bits per heavy atom. The molecule has 0 radical (unpaired) electrons. The van der Waals surface area contributed by atoms with Crippen LogP contribution in [0.3, 0.4) is 0 Å². The van der Waals surface area contributed by atoms with Gasteiger partial charge in [-0.15, -0.1) is 4.57 Å². The first-order valence-corrected chi connectivity index (χ1v) is 11.7. The highest BCUT2D eigenvalue weighted by Crippen LogP contribution is 2.40. The summed E-state index contributed by atoms with van der Waals surface area (Å²) >= 11 is 0. The van der Waals surface area contributed by atoms with E-state index in [2.05, 4.69) is 50.2 Å². The van der Waals surface area contributed by atoms with Gasteiger partial charge in [-0.2, -0.15) is 0 Å². The van der Waals surface area contributed by atoms with Crippen molar-refractivity contribution < 1.29 is 14.8 Å². The number of hydrogen-bond acceptors (Lipinski definition) is 2. The number of hydrogen-bond donors (Lipinski definition) is 2. The molecule has 172 valence electrons. The lowest BCUT2D eigenvalue weighted by Gasteiger charge is -2.15. The summed E-state index contributed by atoms with van der Waals surface area (Å²) in [4.78, 5) is 0. The van der Waals surface area contributed by atoms with Crippen molar-refractivity contribution >= 4 is 0 Å². The minimum Gasteiger partial charge on any atom is -0.502 e. The highest BCUT2D eigenvalue weighted by molar-refractivity contribution is 5.82. The van der Waals surface area contributed by atoms with Crippen LogP contribution >= 0.6 is 0 Å². The van der Waals surface area contributed by atoms with Crippen molar-refractivity contribution in [2.24, 2.45) is 0 Å². The first-order valence-electron chi connectivity index (χ1n) is 11.7. The lowest BCUT2D eigenvalue weighted by atomic mass is 9.96. The van der Waals surface area contributed by atoms with Crippen molar-refractivity contribution in [3.05, 3.63) is 120 Å². The van der Waals surface area contributed by atoms with Crippen molar-refractivity contribution in [3.8, 4) is 50.8 Å². The predicted octanol–water partition coefficient (Wildman–Crippen LogP) is 7.30. The molecule has 3 heteroatoms. The molecular weight excluding hydrogens is 430 g/mol. The van der Waals surface area contributed by atoms with Crippen LogP contribution in [0.25, 0.3) is 39.3 Å². The minimum absolute atomic E-state index is 0.140. The molecule has 1 heterocycles. The SMILES string of the molecule is Cc1ccc(-c2cc(-c3ccc(C)cc3)[n+](-c3ccccc3O)c(-c3ccc(C)cc3)c2O)cc1. The van der Waals surface area contributed by atoms with Gasteiger partial charge in [0.2, 0.25) is 5.69 Å². The van der Waals surface area contributed by atoms with Crippen LogP contribution in [0.4, 0.5) is 0 Å². The predicted molar refractivity (Wildman–Crippen MR) is 142 cm³/mol. The van der Waals surface area contributed by atoms with Gasteiger partial charge in [0.15, 0.2) is 11.5 Å². The maximum atomic E-state index is 11.8. The number of aromatic nitrogens is 1. The van der Waals surface area contributed by atoms with Gasteiger partial charge in [-0.1, -0.05) is 77.4 Å². The van der Waals surface area contributed by atoms with Crippen molar-refractivity contribution in [1.82, 2.24) is 0 Å². The fourth-order valence-electron chi connectivity index (χ4n) is 4.39. The van der Waals surface area contributed by atoms with Gasteiger partial charge in [0.1, 0.15) is 0 Å². The Kier molecular flexibility index (Phi) is 5.84. The Balaban J connectivity index is 1.93. The van der Waals surface area contributed by atoms with E-state index >= 15 is 0 Å². The van der Waals surface area contributed by atoms with E-state index in [1.807, 2.05) is 66.1 Å². The van der Waals surface area contributed by atoms with Gasteiger partial charge in [-0.05, 0) is 56.7 Å². The van der Waals surface area contributed by atoms with E-state index < -0.39 is 0 Å². The second kappa shape index (κ2) is 9.11. The monoisotopic (exact) mass is 458 g/mol. The number of aromatic hydroxyl groups is 2. The molecule has 0 saturated heterocycles. The largest absolute Gasteiger partial charge is 0.502 e. The standard InChI is InChI=1S/C32H27NO2/c1-21-8-14-24(15-9-21)27-20-29(25-16-10-22(2)11-17-25)33(28-6-4-5-7-30(28)34)31(32(27)35)26-18-12-23(3)13-19-26/h4-20H,1-3H3,(H-,34,35)/p+1. The molecule has 4 aromatic carbocycles. The smallest absolute Gasteiger partial charge is 0.261 e. The molecular formula is C32H28NO2+. The zero-order chi connectivity index (χ0) is 24.5. The maximum absolute atomic E-state index is 11.8. The van der Waals surface area contributed by atoms with Crippen LogP contribution in [0.15, 0.2) is 103 Å². The molecule has 5 rings (SSSR count). The van der Waals surface area contributed by atoms with Gasteiger partial charge in [0, 0.05) is 23.3 Å². The van der Waals surface area contributed by atoms with Crippen molar-refractivity contribution in [2.75, 3.05) is 0 Å². The highest BCUT2D eigenvalue weighted by Gasteiger charge is 2.31. The van der Waals surface area contributed by atoms with Gasteiger partial charge in [0.25, 0.3) is 11.4 Å². The van der Waals surface area contributed by atoms with Crippen molar-refractivity contribution in [1.29, 1.82) is 0 Å². The Labute approximate surface area is 206 Å². The third kappa shape index (κ3) is 4.29. The third-order valence-corrected chi connectivity index (χ3v) is 6.38. The number of aryl methyl sites for hydroxylation is 3. The first kappa shape index (κ1) is 22.4. The Bertz CT molecular complexity index is 1500. The first-order chi connectivity index (χ1) is 16.9. The summed E-state index contributed by atoms with van der Waals surface area (Å²) in [6.45, 7) is 6.16. The minimum atomic E-state index is 0.140. The average molecular weight is 459 g/mol. The summed E-state index contributed by atoms with van der Waals surface area (Å²) in [5.41, 5.74) is 9.07. The van der Waals surface area contributed by atoms with E-state index in [0.717, 1.165) is 39.1 Å². The Morgan fingerprint density at radius 3 is 1.57 bits per heavy atom. The molecule has 5 aromatic rings. The summed E-state index contributed by atoms with van der Waals surface area (Å²) in [6, 6.07) is 33.8. The van der Waals surface area contributed by atoms with Crippen LogP contribution in [-0.4, -0.2) is 10.2 Å². The lowest BCUT2D eigenvalue weighted by molar-refractivity contribution is -0.573. The van der Waals surface area contributed by atoms with Crippen LogP contribution in [0, 0.1) is 20.8 Å². The molecule has 2 N–H and O–H groups in total. The van der Waals surface area contributed by atoms with Crippen molar-refractivity contribution in [3.63, 3.8) is 0 Å². The molecule has 0 aliphatic heterocycles. The fraction of sp³-hybridized carbons (Fsp3) is 0.0938. The van der Waals surface area contributed by atoms with E-state index in [0.29, 0.717) is 11.4 Å². The van der Waals surface area contributed by atoms with E-state index in [1.54, 1.807) is 12.1 Å². The molecule has 0 amide bonds. The average Bonchev–Trinajstić information content (AvgIpc) is 2.86. The summed E-state index contributed by atoms with van der Waals surface area (Å²) in [6.07, 6.45) is 0. The number of nitrogens with zero attached hydrogens (tertiary/aromatic N) is 1. The zero-order valence-electron chi connectivity index (χ0n) is 20.2. The van der Waals surface area contributed by atoms with Gasteiger partial charge < -0.3 is 10.2 Å². The molecule has 0 spiro atoms. The number of rotatable bonds is 4. The van der Waals surface area contributed by atoms with Crippen LogP contribution < -0.4 is 4.57 Å². The maximum Gasteiger partial charge on any atom is 0.261 e. The van der Waals surface area contributed by atoms with Crippen LogP contribution in [0.2, 0.25) is 0 Å². The summed E-state index contributed by atoms with van der Waals surface area (Å²) in [7, 11) is 0. The van der Waals surface area contributed by atoms with E-state index in [4.69, 9.17) is 0 Å². The second-order valence-corrected chi connectivity index (χ2v) is 9.06. The van der Waals surface area contributed by atoms with E-state index in [-0.39, 0.29) is 11.5 Å². The summed E-state index contributed by atoms with van der Waals surface area (Å²) in [5, 5.41) is 22.7. The molecule has 0 saturated carbocycles. The van der Waals surface area contributed by atoms with Crippen molar-refractivity contribution in [2.45, 2.75) is 20.8 Å². The quantitative estimate of drug-likeness (QED) is 0.278. The number of benzene rings is 4. The lowest BCUT2D eigenvalue weighted by Crippen LogP contribution is -2.36. The van der Waals surface area contributed by atoms with Gasteiger partial charge >= 0.3 is 0 Å². The molecule has 0 aliphatic carbocycles. The van der Waals surface area contributed by atoms with Gasteiger partial charge in [0.05, 0.1) is 5.56 Å². The molecule has 0 bridgehead atoms. The Hall–Kier alpha value is -4.37. The molecule has 3 nitrogen and oxygen atoms in total. The van der Waals surface area contributed by atoms with E-state index in [1.165, 1.54) is 5.56 Å². The molecule has 35 heavy (non-hydrogen) atoms. The molecule has 1 aromatic heterocycles. The number of phenols is 1. The van der Waals surface area contributed by atoms with Gasteiger partial charge in [-0.3, -0.25) is 0 Å². The zero-order valence-corrected chi connectivity index (χ0v) is 20.2. The van der Waals surface area contributed by atoms with Crippen LogP contribution in [0.5, 0.6) is 11.5 Å². The van der Waals surface area contributed by atoms with Crippen LogP contribution in [0.1, 0.15) is 16.7 Å². The van der Waals surface area contributed by atoms with Crippen LogP contribution in [-0.2, 0) is 0 Å². The van der Waals surface area contributed by atoms with Gasteiger partial charge in [-0.25, -0.2) is 0 Å². The number of pyridine rings is 1. The second-order valence-electron chi connectivity index (χ2n) is 9.06. The molecule has 0 unspecified atom stereocenters. The third-order valence-electron chi connectivity index (χ3n) is 6.38. The molecule has 0 atom stereocenters. The normalized spacial score (nSPS) is 10.9. The number of phenolic OH excluding ortho intramolecular Hbond substituents is 1. The Morgan fingerprint density at radius 2 is 1.03 bits per heavy atom. The summed E-state index contributed by atoms with van der Waals surface area (Å²) < 4.78 is 1.96. The fourth-order valence-corrected chi connectivity index (χ4v) is 4.39. The molecule has 0 aliphatic rings. The summed E-state index contributed by atoms with van der Waals surface area (Å²) in [5.74, 6) is 0.304. The molecule has 0 fully saturated rings. The van der Waals surface area contributed by atoms with E-state index in [9.17, 15) is 10.2 Å². The highest BCUT2D eigenvalue weighted by atomic mass is 16.3.